The Kier molecular flexibility index (Phi) is 4.89. The van der Waals surface area contributed by atoms with Crippen LogP contribution in [0.2, 0.25) is 0 Å². The summed E-state index contributed by atoms with van der Waals surface area (Å²) in [4.78, 5) is 2.54. The van der Waals surface area contributed by atoms with Crippen LogP contribution in [0.1, 0.15) is 31.4 Å². The lowest BCUT2D eigenvalue weighted by Crippen LogP contribution is -2.45. The molecule has 2 saturated heterocycles. The summed E-state index contributed by atoms with van der Waals surface area (Å²) in [7, 11) is 0. The minimum atomic E-state index is -0.469. The SMILES string of the molecule is C[C@H](c1ccccc1)N1CC[C@@H](NC[C@@]2(O)CCSC2)C1. The van der Waals surface area contributed by atoms with E-state index in [2.05, 4.69) is 47.5 Å². The normalized spacial score (nSPS) is 31.6. The van der Waals surface area contributed by atoms with Crippen molar-refractivity contribution in [3.05, 3.63) is 35.9 Å². The summed E-state index contributed by atoms with van der Waals surface area (Å²) in [5.41, 5.74) is 0.923. The van der Waals surface area contributed by atoms with Crippen LogP contribution in [0.15, 0.2) is 30.3 Å². The van der Waals surface area contributed by atoms with Crippen LogP contribution in [0, 0.1) is 0 Å². The summed E-state index contributed by atoms with van der Waals surface area (Å²) < 4.78 is 0. The van der Waals surface area contributed by atoms with Crippen LogP contribution >= 0.6 is 11.8 Å². The zero-order chi connectivity index (χ0) is 14.7. The lowest BCUT2D eigenvalue weighted by Gasteiger charge is -2.26. The van der Waals surface area contributed by atoms with Gasteiger partial charge in [-0.1, -0.05) is 30.3 Å². The molecule has 3 nitrogen and oxygen atoms in total. The Morgan fingerprint density at radius 1 is 1.43 bits per heavy atom. The van der Waals surface area contributed by atoms with Crippen molar-refractivity contribution in [3.63, 3.8) is 0 Å². The van der Waals surface area contributed by atoms with Crippen molar-refractivity contribution >= 4 is 11.8 Å². The van der Waals surface area contributed by atoms with Gasteiger partial charge in [0.1, 0.15) is 0 Å². The van der Waals surface area contributed by atoms with Crippen molar-refractivity contribution in [1.29, 1.82) is 0 Å². The first-order valence-corrected chi connectivity index (χ1v) is 9.14. The van der Waals surface area contributed by atoms with E-state index in [0.29, 0.717) is 12.1 Å². The van der Waals surface area contributed by atoms with Gasteiger partial charge < -0.3 is 10.4 Å². The highest BCUT2D eigenvalue weighted by atomic mass is 32.2. The number of hydrogen-bond donors (Lipinski definition) is 2. The molecule has 0 radical (unpaired) electrons. The van der Waals surface area contributed by atoms with Gasteiger partial charge in [0.15, 0.2) is 0 Å². The second-order valence-electron chi connectivity index (χ2n) is 6.48. The van der Waals surface area contributed by atoms with Crippen molar-refractivity contribution in [2.75, 3.05) is 31.1 Å². The second-order valence-corrected chi connectivity index (χ2v) is 7.58. The van der Waals surface area contributed by atoms with Crippen LogP contribution in [0.25, 0.3) is 0 Å². The number of benzene rings is 1. The van der Waals surface area contributed by atoms with E-state index in [1.165, 1.54) is 12.0 Å². The van der Waals surface area contributed by atoms with Gasteiger partial charge in [0, 0.05) is 37.5 Å². The van der Waals surface area contributed by atoms with E-state index in [0.717, 1.165) is 37.6 Å². The van der Waals surface area contributed by atoms with Crippen molar-refractivity contribution in [3.8, 4) is 0 Å². The fraction of sp³-hybridized carbons (Fsp3) is 0.647. The number of thioether (sulfide) groups is 1. The molecule has 2 fully saturated rings. The molecule has 3 rings (SSSR count). The lowest BCUT2D eigenvalue weighted by atomic mass is 10.0. The van der Waals surface area contributed by atoms with Crippen LogP contribution < -0.4 is 5.32 Å². The third-order valence-electron chi connectivity index (χ3n) is 4.85. The summed E-state index contributed by atoms with van der Waals surface area (Å²) in [5, 5.41) is 14.0. The Morgan fingerprint density at radius 3 is 2.95 bits per heavy atom. The summed E-state index contributed by atoms with van der Waals surface area (Å²) in [6.07, 6.45) is 2.11. The Hall–Kier alpha value is -0.550. The molecule has 21 heavy (non-hydrogen) atoms. The lowest BCUT2D eigenvalue weighted by molar-refractivity contribution is 0.0646. The largest absolute Gasteiger partial charge is 0.388 e. The number of nitrogens with one attached hydrogen (secondary N) is 1. The number of hydrogen-bond acceptors (Lipinski definition) is 4. The second kappa shape index (κ2) is 6.69. The molecule has 0 aromatic heterocycles. The highest BCUT2D eigenvalue weighted by Crippen LogP contribution is 2.28. The molecule has 2 N–H and O–H groups in total. The van der Waals surface area contributed by atoms with Crippen LogP contribution in [-0.2, 0) is 0 Å². The van der Waals surface area contributed by atoms with E-state index >= 15 is 0 Å². The fourth-order valence-corrected chi connectivity index (χ4v) is 4.61. The van der Waals surface area contributed by atoms with E-state index in [1.807, 2.05) is 11.8 Å². The molecule has 2 aliphatic rings. The van der Waals surface area contributed by atoms with Gasteiger partial charge >= 0.3 is 0 Å². The molecule has 0 saturated carbocycles. The molecule has 1 aromatic carbocycles. The van der Waals surface area contributed by atoms with Crippen molar-refractivity contribution < 1.29 is 5.11 Å². The van der Waals surface area contributed by atoms with Gasteiger partial charge in [-0.3, -0.25) is 4.90 Å². The maximum Gasteiger partial charge on any atom is 0.0869 e. The first-order chi connectivity index (χ1) is 10.2. The predicted molar refractivity (Wildman–Crippen MR) is 89.7 cm³/mol. The van der Waals surface area contributed by atoms with Gasteiger partial charge in [-0.05, 0) is 31.1 Å². The minimum absolute atomic E-state index is 0.469. The van der Waals surface area contributed by atoms with Gasteiger partial charge in [0.05, 0.1) is 5.60 Å². The number of nitrogens with zero attached hydrogens (tertiary/aromatic N) is 1. The number of rotatable bonds is 5. The molecule has 4 heteroatoms. The molecule has 1 aromatic rings. The zero-order valence-electron chi connectivity index (χ0n) is 12.8. The molecule has 0 unspecified atom stereocenters. The molecular formula is C17H26N2OS. The van der Waals surface area contributed by atoms with Crippen molar-refractivity contribution in [2.45, 2.75) is 37.5 Å². The maximum atomic E-state index is 10.4. The van der Waals surface area contributed by atoms with Crippen molar-refractivity contribution in [2.24, 2.45) is 0 Å². The van der Waals surface area contributed by atoms with Gasteiger partial charge in [-0.15, -0.1) is 0 Å². The fourth-order valence-electron chi connectivity index (χ4n) is 3.32. The molecule has 0 aliphatic carbocycles. The molecule has 0 amide bonds. The van der Waals surface area contributed by atoms with Crippen LogP contribution in [0.5, 0.6) is 0 Å². The topological polar surface area (TPSA) is 35.5 Å². The average molecular weight is 306 g/mol. The highest BCUT2D eigenvalue weighted by molar-refractivity contribution is 7.99. The summed E-state index contributed by atoms with van der Waals surface area (Å²) >= 11 is 1.87. The van der Waals surface area contributed by atoms with Gasteiger partial charge in [-0.2, -0.15) is 11.8 Å². The monoisotopic (exact) mass is 306 g/mol. The summed E-state index contributed by atoms with van der Waals surface area (Å²) in [6, 6.07) is 11.7. The molecule has 0 bridgehead atoms. The molecule has 2 aliphatic heterocycles. The van der Waals surface area contributed by atoms with E-state index in [-0.39, 0.29) is 0 Å². The van der Waals surface area contributed by atoms with Crippen LogP contribution in [0.3, 0.4) is 0 Å². The first kappa shape index (κ1) is 15.3. The maximum absolute atomic E-state index is 10.4. The van der Waals surface area contributed by atoms with E-state index in [4.69, 9.17) is 0 Å². The number of likely N-dealkylation sites (tertiary alicyclic amines) is 1. The Bertz CT molecular complexity index is 447. The highest BCUT2D eigenvalue weighted by Gasteiger charge is 2.33. The Morgan fingerprint density at radius 2 is 2.24 bits per heavy atom. The molecule has 2 heterocycles. The third-order valence-corrected chi connectivity index (χ3v) is 6.09. The number of aliphatic hydroxyl groups is 1. The van der Waals surface area contributed by atoms with Gasteiger partial charge in [-0.25, -0.2) is 0 Å². The van der Waals surface area contributed by atoms with Gasteiger partial charge in [0.25, 0.3) is 0 Å². The van der Waals surface area contributed by atoms with E-state index < -0.39 is 5.60 Å². The first-order valence-electron chi connectivity index (χ1n) is 7.99. The predicted octanol–water partition coefficient (Wildman–Crippen LogP) is 2.28. The van der Waals surface area contributed by atoms with Gasteiger partial charge in [0.2, 0.25) is 0 Å². The van der Waals surface area contributed by atoms with E-state index in [9.17, 15) is 5.11 Å². The molecular weight excluding hydrogens is 280 g/mol. The minimum Gasteiger partial charge on any atom is -0.388 e. The van der Waals surface area contributed by atoms with Crippen LogP contribution in [0.4, 0.5) is 0 Å². The Balaban J connectivity index is 1.49. The molecule has 3 atom stereocenters. The average Bonchev–Trinajstić information content (AvgIpc) is 3.15. The standard InChI is InChI=1S/C17H26N2OS/c1-14(15-5-3-2-4-6-15)19-9-7-16(11-19)18-12-17(20)8-10-21-13-17/h2-6,14,16,18,20H,7-13H2,1H3/t14-,16-,17+/m1/s1. The smallest absolute Gasteiger partial charge is 0.0869 e. The zero-order valence-corrected chi connectivity index (χ0v) is 13.6. The summed E-state index contributed by atoms with van der Waals surface area (Å²) in [6.45, 7) is 5.26. The van der Waals surface area contributed by atoms with E-state index in [1.54, 1.807) is 0 Å². The van der Waals surface area contributed by atoms with Crippen LogP contribution in [-0.4, -0.2) is 52.8 Å². The van der Waals surface area contributed by atoms with Crippen molar-refractivity contribution in [1.82, 2.24) is 10.2 Å². The molecule has 0 spiro atoms. The Labute approximate surface area is 132 Å². The summed E-state index contributed by atoms with van der Waals surface area (Å²) in [5.74, 6) is 1.98. The molecule has 116 valence electrons. The quantitative estimate of drug-likeness (QED) is 0.875. The third kappa shape index (κ3) is 3.81.